The average molecular weight is 1360 g/mol. The molecule has 1 rings (SSSR count). The second-order valence-corrected chi connectivity index (χ2v) is 30.7. The lowest BCUT2D eigenvalue weighted by molar-refractivity contribution is -0.157. The predicted molar refractivity (Wildman–Crippen MR) is 370 cm³/mol. The summed E-state index contributed by atoms with van der Waals surface area (Å²) in [6.07, 6.45) is 2.52. The van der Waals surface area contributed by atoms with Gasteiger partial charge in [0.1, 0.15) is 72.5 Å². The largest absolute Gasteiger partial charge is 0.480 e. The predicted octanol–water partition coefficient (Wildman–Crippen LogP) is 3.56. The Labute approximate surface area is 571 Å². The summed E-state index contributed by atoms with van der Waals surface area (Å²) in [7, 11) is 9.71. The van der Waals surface area contributed by atoms with Gasteiger partial charge in [0.2, 0.25) is 65.0 Å². The number of carbonyl (C=O) groups is 12. The van der Waals surface area contributed by atoms with Crippen LogP contribution in [-0.4, -0.2) is 254 Å². The van der Waals surface area contributed by atoms with Gasteiger partial charge in [-0.25, -0.2) is 0 Å². The third-order valence-corrected chi connectivity index (χ3v) is 19.5. The molecular weight excluding hydrogens is 1240 g/mol. The Bertz CT molecular complexity index is 2670. The van der Waals surface area contributed by atoms with Crippen molar-refractivity contribution < 1.29 is 67.7 Å². The fourth-order valence-electron chi connectivity index (χ4n) is 11.7. The fourth-order valence-corrected chi connectivity index (χ4v) is 12.9. The van der Waals surface area contributed by atoms with Gasteiger partial charge < -0.3 is 71.5 Å². The van der Waals surface area contributed by atoms with Crippen LogP contribution in [0.4, 0.5) is 0 Å². The molecule has 544 valence electrons. The number of aliphatic hydroxyl groups is 1. The highest BCUT2D eigenvalue weighted by molar-refractivity contribution is 8.00. The van der Waals surface area contributed by atoms with E-state index in [0.29, 0.717) is 0 Å². The highest BCUT2D eigenvalue weighted by Crippen LogP contribution is 2.31. The van der Waals surface area contributed by atoms with Crippen LogP contribution in [0.1, 0.15) is 170 Å². The highest BCUT2D eigenvalue weighted by atomic mass is 32.2. The number of thioether (sulfide) groups is 1. The fraction of sp³-hybridized carbons (Fsp3) is 0.794. The van der Waals surface area contributed by atoms with E-state index >= 15 is 28.8 Å². The maximum atomic E-state index is 15.4. The number of nitrogens with one attached hydrogen (secondary N) is 4. The molecule has 11 amide bonds. The number of aliphatic hydroxyl groups excluding tert-OH is 1. The summed E-state index contributed by atoms with van der Waals surface area (Å²) in [6.45, 7) is 32.6. The summed E-state index contributed by atoms with van der Waals surface area (Å²) >= 11 is 0.982. The van der Waals surface area contributed by atoms with E-state index in [0.717, 1.165) is 26.5 Å². The SMILES string of the molecule is C/C=C/C[C@@H](C)[C@@H](O)[C@H]1C(=O)N[C@@H](CC)C(=O)N(C)[C@H](CSC(C)(C)[C@@H](N)C(=O)O)C(=O)N(C)[C@@H](CC(C)C)C(=O)N[C@@H](C(C)C)C(=O)N(C)[C@@H](CC(C)C)C(=O)N[C@@H](C)C(=O)N[C@H](C)C(=O)N(C)[C@@H](CC(C)C)C(=O)N(C)[C@@H](CC(C)C)C(=O)N(C)[C@@H](C(C)C)C(=O)N1C. The maximum Gasteiger partial charge on any atom is 0.321 e. The molecule has 0 aromatic carbocycles. The molecule has 0 radical (unpaired) electrons. The molecule has 26 nitrogen and oxygen atoms in total. The number of nitrogens with zero attached hydrogens (tertiary/aromatic N) is 7. The number of likely N-dealkylation sites (N-methyl/N-ethyl adjacent to an activating group) is 7. The average Bonchev–Trinajstić information content (AvgIpc) is 0.811. The molecule has 0 aromatic rings. The standard InChI is InChI=1S/C68H122N12O14S/c1-27-29-30-42(15)54(81)53-59(85)72-45(28-2)61(87)78(24)50(35-95-68(18,19)55(69)67(93)94)64(90)74(20)47(32-37(5)6)58(84)73-51(40(11)12)65(91)75(21)46(31-36(3)4)57(83)70-43(16)56(82)71-44(17)60(86)76(22)48(33-38(7)8)62(88)77(23)49(34-39(9)10)63(89)79(25)52(41(13)14)66(92)80(53)26/h27,29,36-55,81H,28,30-35,69H2,1-26H3,(H,70,83)(H,71,82)(H,72,85)(H,73,84)(H,93,94)/b29-27+/t42-,43+,44-,45+,46+,47+,48+,49+,50-,51+,52+,53+,54-,55+/m1/s1. The molecule has 14 atom stereocenters. The minimum atomic E-state index is -1.71. The van der Waals surface area contributed by atoms with Gasteiger partial charge in [0.25, 0.3) is 0 Å². The summed E-state index contributed by atoms with van der Waals surface area (Å²) in [6, 6.07) is -16.1. The van der Waals surface area contributed by atoms with Gasteiger partial charge in [0, 0.05) is 59.8 Å². The number of carbonyl (C=O) groups excluding carboxylic acids is 11. The van der Waals surface area contributed by atoms with Crippen LogP contribution in [0.3, 0.4) is 0 Å². The highest BCUT2D eigenvalue weighted by Gasteiger charge is 2.47. The Morgan fingerprint density at radius 3 is 1.33 bits per heavy atom. The Morgan fingerprint density at radius 2 is 0.895 bits per heavy atom. The Kier molecular flexibility index (Phi) is 35.2. The summed E-state index contributed by atoms with van der Waals surface area (Å²) in [4.78, 5) is 185. The molecule has 0 unspecified atom stereocenters. The van der Waals surface area contributed by atoms with Gasteiger partial charge in [-0.2, -0.15) is 11.8 Å². The molecule has 0 aliphatic carbocycles. The van der Waals surface area contributed by atoms with E-state index in [-0.39, 0.29) is 67.9 Å². The van der Waals surface area contributed by atoms with E-state index in [2.05, 4.69) is 21.3 Å². The number of hydrogen-bond donors (Lipinski definition) is 7. The molecule has 27 heteroatoms. The molecule has 0 aromatic heterocycles. The van der Waals surface area contributed by atoms with Crippen molar-refractivity contribution in [2.75, 3.05) is 55.1 Å². The van der Waals surface area contributed by atoms with Gasteiger partial charge in [0.15, 0.2) is 0 Å². The van der Waals surface area contributed by atoms with Crippen molar-refractivity contribution in [3.63, 3.8) is 0 Å². The van der Waals surface area contributed by atoms with Crippen molar-refractivity contribution in [1.29, 1.82) is 0 Å². The van der Waals surface area contributed by atoms with Crippen LogP contribution < -0.4 is 27.0 Å². The molecule has 1 aliphatic rings. The number of hydrogen-bond acceptors (Lipinski definition) is 15. The van der Waals surface area contributed by atoms with Gasteiger partial charge in [-0.1, -0.05) is 109 Å². The molecule has 1 heterocycles. The summed E-state index contributed by atoms with van der Waals surface area (Å²) in [5.41, 5.74) is 6.18. The van der Waals surface area contributed by atoms with Crippen LogP contribution in [0.15, 0.2) is 12.2 Å². The number of amides is 11. The number of rotatable bonds is 20. The number of nitrogens with two attached hydrogens (primary N) is 1. The Morgan fingerprint density at radius 1 is 0.505 bits per heavy atom. The number of aliphatic carboxylic acids is 1. The lowest BCUT2D eigenvalue weighted by Gasteiger charge is -2.41. The zero-order valence-electron chi connectivity index (χ0n) is 62.1. The van der Waals surface area contributed by atoms with Gasteiger partial charge in [-0.05, 0) is 115 Å². The van der Waals surface area contributed by atoms with Crippen molar-refractivity contribution in [3.8, 4) is 0 Å². The van der Waals surface area contributed by atoms with E-state index in [1.54, 1.807) is 74.5 Å². The molecule has 0 bridgehead atoms. The van der Waals surface area contributed by atoms with Crippen LogP contribution in [0.2, 0.25) is 0 Å². The quantitative estimate of drug-likeness (QED) is 0.0857. The van der Waals surface area contributed by atoms with Crippen LogP contribution >= 0.6 is 11.8 Å². The second kappa shape index (κ2) is 38.6. The van der Waals surface area contributed by atoms with Crippen LogP contribution in [0, 0.1) is 41.4 Å². The van der Waals surface area contributed by atoms with Gasteiger partial charge in [-0.3, -0.25) is 57.5 Å². The number of carboxylic acid groups (broad SMARTS) is 1. The van der Waals surface area contributed by atoms with Gasteiger partial charge >= 0.3 is 5.97 Å². The van der Waals surface area contributed by atoms with E-state index in [9.17, 15) is 39.0 Å². The van der Waals surface area contributed by atoms with Gasteiger partial charge in [-0.15, -0.1) is 0 Å². The number of allylic oxidation sites excluding steroid dienone is 2. The summed E-state index contributed by atoms with van der Waals surface area (Å²) < 4.78 is -1.26. The molecular formula is C68H122N12O14S. The first-order chi connectivity index (χ1) is 43.7. The topological polar surface area (TPSA) is 342 Å². The minimum Gasteiger partial charge on any atom is -0.480 e. The molecule has 1 fully saturated rings. The monoisotopic (exact) mass is 1360 g/mol. The first-order valence-corrected chi connectivity index (χ1v) is 34.7. The summed E-state index contributed by atoms with van der Waals surface area (Å²) in [5.74, 6) is -12.5. The Hall–Kier alpha value is -6.35. The third kappa shape index (κ3) is 24.0. The van der Waals surface area contributed by atoms with E-state index < -0.39 is 172 Å². The van der Waals surface area contributed by atoms with E-state index in [4.69, 9.17) is 5.73 Å². The van der Waals surface area contributed by atoms with Crippen molar-refractivity contribution in [3.05, 3.63) is 12.2 Å². The smallest absolute Gasteiger partial charge is 0.321 e. The van der Waals surface area contributed by atoms with E-state index in [1.165, 1.54) is 82.8 Å². The first kappa shape index (κ1) is 86.7. The first-order valence-electron chi connectivity index (χ1n) is 33.7. The minimum absolute atomic E-state index is 0.0402. The van der Waals surface area contributed by atoms with Crippen molar-refractivity contribution in [2.45, 2.75) is 253 Å². The van der Waals surface area contributed by atoms with Crippen LogP contribution in [0.5, 0.6) is 0 Å². The van der Waals surface area contributed by atoms with Crippen molar-refractivity contribution in [2.24, 2.45) is 47.2 Å². The molecule has 0 saturated carbocycles. The van der Waals surface area contributed by atoms with Gasteiger partial charge in [0.05, 0.1) is 6.10 Å². The van der Waals surface area contributed by atoms with E-state index in [1.807, 2.05) is 55.4 Å². The molecule has 1 aliphatic heterocycles. The number of carboxylic acids is 1. The molecule has 1 saturated heterocycles. The molecule has 95 heavy (non-hydrogen) atoms. The van der Waals surface area contributed by atoms with Crippen LogP contribution in [-0.2, 0) is 57.5 Å². The lowest BCUT2D eigenvalue weighted by atomic mass is 9.91. The summed E-state index contributed by atoms with van der Waals surface area (Å²) in [5, 5.41) is 33.3. The normalized spacial score (nSPS) is 26.6. The molecule has 8 N–H and O–H groups in total. The Balaban J connectivity index is 4.63. The zero-order chi connectivity index (χ0) is 73.9. The molecule has 0 spiro atoms. The van der Waals surface area contributed by atoms with Crippen molar-refractivity contribution in [1.82, 2.24) is 55.6 Å². The third-order valence-electron chi connectivity index (χ3n) is 18.0. The van der Waals surface area contributed by atoms with Crippen LogP contribution in [0.25, 0.3) is 0 Å². The maximum absolute atomic E-state index is 15.4. The lowest BCUT2D eigenvalue weighted by Crippen LogP contribution is -2.64. The van der Waals surface area contributed by atoms with Crippen molar-refractivity contribution >= 4 is 82.7 Å². The second-order valence-electron chi connectivity index (χ2n) is 29.0. The zero-order valence-corrected chi connectivity index (χ0v) is 62.9.